The van der Waals surface area contributed by atoms with Gasteiger partial charge in [-0.3, -0.25) is 5.41 Å². The zero-order chi connectivity index (χ0) is 27.3. The molecule has 7 nitrogen and oxygen atoms in total. The fourth-order valence-electron chi connectivity index (χ4n) is 4.57. The molecular formula is C27H31F3N6OS. The molecule has 5 N–H and O–H groups in total. The molecule has 1 aliphatic rings. The van der Waals surface area contributed by atoms with E-state index in [9.17, 15) is 13.2 Å². The number of likely N-dealkylation sites (tertiary alicyclic amines) is 1. The SMILES string of the molecule is COc1cc(SC)ccc1NCC#Cc1cc2c(NC3CCN(C(=N)N)CC3)cccc2n1CC(F)(F)F. The van der Waals surface area contributed by atoms with Crippen LogP contribution >= 0.6 is 11.8 Å². The van der Waals surface area contributed by atoms with Crippen molar-refractivity contribution in [3.63, 3.8) is 0 Å². The minimum atomic E-state index is -4.39. The summed E-state index contributed by atoms with van der Waals surface area (Å²) in [7, 11) is 1.59. The number of aromatic nitrogens is 1. The number of benzene rings is 2. The first-order chi connectivity index (χ1) is 18.2. The Balaban J connectivity index is 1.57. The highest BCUT2D eigenvalue weighted by Gasteiger charge is 2.30. The molecule has 0 aliphatic carbocycles. The molecule has 2 aromatic carbocycles. The van der Waals surface area contributed by atoms with Crippen molar-refractivity contribution in [1.82, 2.24) is 9.47 Å². The van der Waals surface area contributed by atoms with Gasteiger partial charge < -0.3 is 30.6 Å². The zero-order valence-electron chi connectivity index (χ0n) is 21.3. The lowest BCUT2D eigenvalue weighted by Gasteiger charge is -2.33. The zero-order valence-corrected chi connectivity index (χ0v) is 22.1. The molecule has 1 aliphatic heterocycles. The smallest absolute Gasteiger partial charge is 0.406 e. The van der Waals surface area contributed by atoms with Crippen LogP contribution in [0.3, 0.4) is 0 Å². The molecule has 11 heteroatoms. The number of rotatable bonds is 7. The number of nitrogens with one attached hydrogen (secondary N) is 3. The molecular weight excluding hydrogens is 513 g/mol. The Morgan fingerprint density at radius 2 is 1.95 bits per heavy atom. The maximum atomic E-state index is 13.5. The summed E-state index contributed by atoms with van der Waals surface area (Å²) in [5.74, 6) is 6.64. The number of fused-ring (bicyclic) bond motifs is 1. The molecule has 3 aromatic rings. The van der Waals surface area contributed by atoms with Crippen molar-refractivity contribution in [3.05, 3.63) is 48.2 Å². The van der Waals surface area contributed by atoms with Crippen LogP contribution in [0.4, 0.5) is 24.5 Å². The van der Waals surface area contributed by atoms with E-state index in [4.69, 9.17) is 15.9 Å². The average molecular weight is 545 g/mol. The van der Waals surface area contributed by atoms with Crippen LogP contribution in [0.5, 0.6) is 5.75 Å². The average Bonchev–Trinajstić information content (AvgIpc) is 3.23. The maximum Gasteiger partial charge on any atom is 0.406 e. The molecule has 1 aromatic heterocycles. The molecule has 38 heavy (non-hydrogen) atoms. The fourth-order valence-corrected chi connectivity index (χ4v) is 5.00. The van der Waals surface area contributed by atoms with Crippen LogP contribution < -0.4 is 21.1 Å². The van der Waals surface area contributed by atoms with Crippen molar-refractivity contribution in [2.45, 2.75) is 36.5 Å². The van der Waals surface area contributed by atoms with Crippen LogP contribution in [0.1, 0.15) is 18.5 Å². The van der Waals surface area contributed by atoms with E-state index < -0.39 is 12.7 Å². The maximum absolute atomic E-state index is 13.5. The van der Waals surface area contributed by atoms with E-state index in [1.54, 1.807) is 37.1 Å². The van der Waals surface area contributed by atoms with E-state index in [1.807, 2.05) is 35.4 Å². The lowest BCUT2D eigenvalue weighted by atomic mass is 10.0. The monoisotopic (exact) mass is 544 g/mol. The second-order valence-corrected chi connectivity index (χ2v) is 9.86. The number of halogens is 3. The molecule has 0 bridgehead atoms. The van der Waals surface area contributed by atoms with Crippen molar-refractivity contribution >= 4 is 40.0 Å². The van der Waals surface area contributed by atoms with Gasteiger partial charge in [-0.25, -0.2) is 0 Å². The highest BCUT2D eigenvalue weighted by Crippen LogP contribution is 2.32. The van der Waals surface area contributed by atoms with Gasteiger partial charge in [-0.2, -0.15) is 13.2 Å². The van der Waals surface area contributed by atoms with E-state index in [0.29, 0.717) is 35.4 Å². The molecule has 0 saturated carbocycles. The largest absolute Gasteiger partial charge is 0.495 e. The molecule has 0 amide bonds. The first kappa shape index (κ1) is 27.4. The predicted molar refractivity (Wildman–Crippen MR) is 148 cm³/mol. The van der Waals surface area contributed by atoms with Gasteiger partial charge in [-0.1, -0.05) is 12.0 Å². The van der Waals surface area contributed by atoms with Crippen molar-refractivity contribution in [1.29, 1.82) is 5.41 Å². The van der Waals surface area contributed by atoms with Gasteiger partial charge in [0.2, 0.25) is 0 Å². The number of thioether (sulfide) groups is 1. The number of hydrogen-bond acceptors (Lipinski definition) is 5. The van der Waals surface area contributed by atoms with E-state index in [0.717, 1.165) is 29.1 Å². The fraction of sp³-hybridized carbons (Fsp3) is 0.370. The Bertz CT molecular complexity index is 1350. The minimum absolute atomic E-state index is 0.0582. The number of ether oxygens (including phenoxy) is 1. The highest BCUT2D eigenvalue weighted by atomic mass is 32.2. The van der Waals surface area contributed by atoms with Gasteiger partial charge in [0.05, 0.1) is 30.6 Å². The van der Waals surface area contributed by atoms with Crippen molar-refractivity contribution in [2.24, 2.45) is 5.73 Å². The number of anilines is 2. The normalized spacial score (nSPS) is 14.2. The van der Waals surface area contributed by atoms with E-state index in [1.165, 1.54) is 4.57 Å². The Labute approximate surface area is 224 Å². The van der Waals surface area contributed by atoms with Crippen LogP contribution in [-0.4, -0.2) is 60.6 Å². The number of piperidine rings is 1. The minimum Gasteiger partial charge on any atom is -0.495 e. The van der Waals surface area contributed by atoms with Crippen molar-refractivity contribution in [3.8, 4) is 17.6 Å². The van der Waals surface area contributed by atoms with Gasteiger partial charge in [-0.15, -0.1) is 11.8 Å². The van der Waals surface area contributed by atoms with Crippen LogP contribution in [0.2, 0.25) is 0 Å². The van der Waals surface area contributed by atoms with Crippen molar-refractivity contribution < 1.29 is 17.9 Å². The van der Waals surface area contributed by atoms with Gasteiger partial charge in [0.1, 0.15) is 12.3 Å². The molecule has 0 radical (unpaired) electrons. The first-order valence-electron chi connectivity index (χ1n) is 12.2. The second-order valence-electron chi connectivity index (χ2n) is 8.98. The molecule has 1 fully saturated rings. The Hall–Kier alpha value is -3.65. The molecule has 2 heterocycles. The summed E-state index contributed by atoms with van der Waals surface area (Å²) < 4.78 is 47.2. The molecule has 202 valence electrons. The summed E-state index contributed by atoms with van der Waals surface area (Å²) in [6, 6.07) is 12.9. The number of hydrogen-bond donors (Lipinski definition) is 4. The van der Waals surface area contributed by atoms with Gasteiger partial charge in [-0.05, 0) is 61.4 Å². The third kappa shape index (κ3) is 6.61. The summed E-state index contributed by atoms with van der Waals surface area (Å²) in [6.07, 6.45) is -0.862. The van der Waals surface area contributed by atoms with Gasteiger partial charge >= 0.3 is 6.18 Å². The van der Waals surface area contributed by atoms with Gasteiger partial charge in [0.15, 0.2) is 5.96 Å². The molecule has 0 spiro atoms. The number of methoxy groups -OCH3 is 1. The number of guanidine groups is 1. The van der Waals surface area contributed by atoms with Crippen LogP contribution in [0.15, 0.2) is 47.4 Å². The summed E-state index contributed by atoms with van der Waals surface area (Å²) in [4.78, 5) is 2.87. The molecule has 0 atom stereocenters. The Morgan fingerprint density at radius 1 is 1.18 bits per heavy atom. The summed E-state index contributed by atoms with van der Waals surface area (Å²) in [6.45, 7) is 0.430. The first-order valence-corrected chi connectivity index (χ1v) is 13.4. The number of nitrogens with zero attached hydrogens (tertiary/aromatic N) is 2. The van der Waals surface area contributed by atoms with Crippen molar-refractivity contribution in [2.75, 3.05) is 43.6 Å². The molecule has 0 unspecified atom stereocenters. The molecule has 1 saturated heterocycles. The topological polar surface area (TPSA) is 91.3 Å². The van der Waals surface area contributed by atoms with Crippen LogP contribution in [0.25, 0.3) is 10.9 Å². The van der Waals surface area contributed by atoms with E-state index in [-0.39, 0.29) is 18.5 Å². The Kier molecular flexibility index (Phi) is 8.52. The third-order valence-corrected chi connectivity index (χ3v) is 7.20. The van der Waals surface area contributed by atoms with Gasteiger partial charge in [0, 0.05) is 35.1 Å². The highest BCUT2D eigenvalue weighted by molar-refractivity contribution is 7.98. The van der Waals surface area contributed by atoms with E-state index in [2.05, 4.69) is 22.5 Å². The lowest BCUT2D eigenvalue weighted by Crippen LogP contribution is -2.45. The lowest BCUT2D eigenvalue weighted by molar-refractivity contribution is -0.140. The summed E-state index contributed by atoms with van der Waals surface area (Å²) in [5.41, 5.74) is 7.89. The summed E-state index contributed by atoms with van der Waals surface area (Å²) >= 11 is 1.60. The molecule has 4 rings (SSSR count). The predicted octanol–water partition coefficient (Wildman–Crippen LogP) is 5.17. The van der Waals surface area contributed by atoms with Crippen LogP contribution in [0, 0.1) is 17.3 Å². The van der Waals surface area contributed by atoms with Crippen LogP contribution in [-0.2, 0) is 6.54 Å². The van der Waals surface area contributed by atoms with E-state index >= 15 is 0 Å². The standard InChI is InChI=1S/C27H31F3N6OS/c1-37-25-16-20(38-2)8-9-23(25)33-12-4-5-19-15-21-22(34-18-10-13-35(14-11-18)26(31)32)6-3-7-24(21)36(19)17-27(28,29)30/h3,6-9,15-16,18,33-34H,10-14,17H2,1-2H3,(H3,31,32). The Morgan fingerprint density at radius 3 is 2.61 bits per heavy atom. The van der Waals surface area contributed by atoms with Gasteiger partial charge in [0.25, 0.3) is 0 Å². The number of alkyl halides is 3. The number of nitrogens with two attached hydrogens (primary N) is 1. The second kappa shape index (κ2) is 11.8. The third-order valence-electron chi connectivity index (χ3n) is 6.47. The quantitative estimate of drug-likeness (QED) is 0.142. The summed E-state index contributed by atoms with van der Waals surface area (Å²) in [5, 5.41) is 15.0.